The lowest BCUT2D eigenvalue weighted by atomic mass is 10.1. The second-order valence-corrected chi connectivity index (χ2v) is 6.49. The molecule has 2 N–H and O–H groups in total. The highest BCUT2D eigenvalue weighted by molar-refractivity contribution is 5.52. The molecule has 1 atom stereocenters. The van der Waals surface area contributed by atoms with Gasteiger partial charge in [-0.1, -0.05) is 13.8 Å². The minimum atomic E-state index is 0.129. The Morgan fingerprint density at radius 3 is 2.48 bits per heavy atom. The van der Waals surface area contributed by atoms with Crippen molar-refractivity contribution in [2.75, 3.05) is 5.32 Å². The lowest BCUT2D eigenvalue weighted by Gasteiger charge is -2.18. The van der Waals surface area contributed by atoms with E-state index in [0.29, 0.717) is 5.92 Å². The number of hydrogen-bond donors (Lipinski definition) is 2. The van der Waals surface area contributed by atoms with E-state index < -0.39 is 0 Å². The lowest BCUT2D eigenvalue weighted by Crippen LogP contribution is -2.13. The van der Waals surface area contributed by atoms with Crippen molar-refractivity contribution in [2.24, 2.45) is 0 Å². The van der Waals surface area contributed by atoms with Gasteiger partial charge in [-0.3, -0.25) is 5.10 Å². The average molecular weight is 312 g/mol. The zero-order valence-electron chi connectivity index (χ0n) is 14.6. The zero-order valence-corrected chi connectivity index (χ0v) is 14.6. The van der Waals surface area contributed by atoms with Crippen LogP contribution in [0.5, 0.6) is 0 Å². The molecule has 0 aliphatic heterocycles. The van der Waals surface area contributed by atoms with E-state index in [1.165, 1.54) is 5.56 Å². The van der Waals surface area contributed by atoms with Crippen LogP contribution in [0.25, 0.3) is 5.65 Å². The van der Waals surface area contributed by atoms with Crippen LogP contribution >= 0.6 is 0 Å². The first-order valence-electron chi connectivity index (χ1n) is 8.02. The highest BCUT2D eigenvalue weighted by Crippen LogP contribution is 2.26. The second kappa shape index (κ2) is 5.68. The van der Waals surface area contributed by atoms with Crippen molar-refractivity contribution in [3.05, 3.63) is 40.5 Å². The Bertz CT molecular complexity index is 823. The van der Waals surface area contributed by atoms with Gasteiger partial charge in [0.1, 0.15) is 5.82 Å². The Kier molecular flexibility index (Phi) is 3.83. The van der Waals surface area contributed by atoms with Gasteiger partial charge in [0.15, 0.2) is 5.65 Å². The van der Waals surface area contributed by atoms with Crippen molar-refractivity contribution >= 4 is 11.5 Å². The molecule has 0 radical (unpaired) electrons. The molecule has 6 nitrogen and oxygen atoms in total. The number of H-pyrrole nitrogens is 1. The summed E-state index contributed by atoms with van der Waals surface area (Å²) < 4.78 is 1.88. The van der Waals surface area contributed by atoms with Crippen molar-refractivity contribution in [3.63, 3.8) is 0 Å². The topological polar surface area (TPSA) is 70.9 Å². The van der Waals surface area contributed by atoms with Gasteiger partial charge in [0.25, 0.3) is 0 Å². The Balaban J connectivity index is 2.04. The van der Waals surface area contributed by atoms with Gasteiger partial charge in [-0.15, -0.1) is 0 Å². The summed E-state index contributed by atoms with van der Waals surface area (Å²) in [6.45, 7) is 12.5. The first kappa shape index (κ1) is 15.5. The Morgan fingerprint density at radius 1 is 1.13 bits per heavy atom. The molecule has 0 fully saturated rings. The van der Waals surface area contributed by atoms with E-state index in [4.69, 9.17) is 4.98 Å². The number of aromatic amines is 1. The third kappa shape index (κ3) is 2.81. The van der Waals surface area contributed by atoms with E-state index >= 15 is 0 Å². The third-order valence-corrected chi connectivity index (χ3v) is 4.14. The molecule has 0 saturated carbocycles. The molecule has 3 aromatic heterocycles. The van der Waals surface area contributed by atoms with Crippen molar-refractivity contribution in [3.8, 4) is 0 Å². The molecule has 0 unspecified atom stereocenters. The van der Waals surface area contributed by atoms with E-state index in [1.807, 2.05) is 31.4 Å². The fourth-order valence-electron chi connectivity index (χ4n) is 3.00. The Morgan fingerprint density at radius 2 is 1.87 bits per heavy atom. The zero-order chi connectivity index (χ0) is 16.7. The van der Waals surface area contributed by atoms with Crippen LogP contribution in [-0.4, -0.2) is 24.8 Å². The summed E-state index contributed by atoms with van der Waals surface area (Å²) >= 11 is 0. The second-order valence-electron chi connectivity index (χ2n) is 6.49. The summed E-state index contributed by atoms with van der Waals surface area (Å²) in [5.74, 6) is 1.32. The quantitative estimate of drug-likeness (QED) is 0.771. The molecule has 0 aromatic carbocycles. The Hall–Kier alpha value is -2.37. The van der Waals surface area contributed by atoms with Gasteiger partial charge in [0.2, 0.25) is 0 Å². The van der Waals surface area contributed by atoms with Crippen molar-refractivity contribution in [1.82, 2.24) is 24.8 Å². The molecular formula is C17H24N6. The van der Waals surface area contributed by atoms with E-state index in [2.05, 4.69) is 47.5 Å². The molecule has 0 spiro atoms. The molecule has 0 amide bonds. The standard InChI is InChI=1S/C17H24N6/c1-9(2)14-8-16(23-15(19-14)7-10(3)22-23)18-11(4)17-12(5)20-21-13(17)6/h7-9,11,18H,1-6H3,(H,20,21)/t11-/m0/s1. The van der Waals surface area contributed by atoms with Crippen LogP contribution in [0.1, 0.15) is 61.1 Å². The summed E-state index contributed by atoms with van der Waals surface area (Å²) in [5, 5.41) is 15.5. The Labute approximate surface area is 136 Å². The predicted octanol–water partition coefficient (Wildman–Crippen LogP) is 3.67. The number of rotatable bonds is 4. The van der Waals surface area contributed by atoms with Crippen molar-refractivity contribution in [2.45, 2.75) is 53.5 Å². The number of hydrogen-bond acceptors (Lipinski definition) is 4. The maximum absolute atomic E-state index is 4.70. The first-order valence-corrected chi connectivity index (χ1v) is 8.02. The van der Waals surface area contributed by atoms with E-state index in [1.54, 1.807) is 0 Å². The average Bonchev–Trinajstić information content (AvgIpc) is 3.00. The van der Waals surface area contributed by atoms with Gasteiger partial charge < -0.3 is 5.32 Å². The molecule has 0 aliphatic rings. The first-order chi connectivity index (χ1) is 10.9. The summed E-state index contributed by atoms with van der Waals surface area (Å²) in [6, 6.07) is 4.23. The smallest absolute Gasteiger partial charge is 0.157 e. The third-order valence-electron chi connectivity index (χ3n) is 4.14. The molecule has 23 heavy (non-hydrogen) atoms. The van der Waals surface area contributed by atoms with Crippen LogP contribution in [0.2, 0.25) is 0 Å². The summed E-state index contributed by atoms with van der Waals surface area (Å²) in [5.41, 5.74) is 6.22. The molecule has 3 aromatic rings. The SMILES string of the molecule is Cc1cc2nc(C(C)C)cc(N[C@@H](C)c3c(C)n[nH]c3C)n2n1. The molecule has 0 aliphatic carbocycles. The minimum Gasteiger partial charge on any atom is -0.363 e. The number of nitrogens with one attached hydrogen (secondary N) is 2. The molecule has 0 bridgehead atoms. The number of fused-ring (bicyclic) bond motifs is 1. The number of aromatic nitrogens is 5. The molecular weight excluding hydrogens is 288 g/mol. The van der Waals surface area contributed by atoms with E-state index in [9.17, 15) is 0 Å². The lowest BCUT2D eigenvalue weighted by molar-refractivity contribution is 0.789. The van der Waals surface area contributed by atoms with Crippen molar-refractivity contribution < 1.29 is 0 Å². The normalized spacial score (nSPS) is 13.0. The van der Waals surface area contributed by atoms with Gasteiger partial charge in [-0.25, -0.2) is 4.98 Å². The molecule has 0 saturated heterocycles. The van der Waals surface area contributed by atoms with Crippen LogP contribution in [0.3, 0.4) is 0 Å². The van der Waals surface area contributed by atoms with Crippen LogP contribution in [0.15, 0.2) is 12.1 Å². The van der Waals surface area contributed by atoms with Crippen LogP contribution in [0, 0.1) is 20.8 Å². The van der Waals surface area contributed by atoms with Crippen molar-refractivity contribution in [1.29, 1.82) is 0 Å². The minimum absolute atomic E-state index is 0.129. The van der Waals surface area contributed by atoms with Gasteiger partial charge in [-0.2, -0.15) is 14.7 Å². The maximum atomic E-state index is 4.70. The van der Waals surface area contributed by atoms with Gasteiger partial charge in [0.05, 0.1) is 17.4 Å². The largest absolute Gasteiger partial charge is 0.363 e. The van der Waals surface area contributed by atoms with E-state index in [0.717, 1.165) is 34.2 Å². The highest BCUT2D eigenvalue weighted by Gasteiger charge is 2.17. The number of nitrogens with zero attached hydrogens (tertiary/aromatic N) is 4. The predicted molar refractivity (Wildman–Crippen MR) is 91.9 cm³/mol. The monoisotopic (exact) mass is 312 g/mol. The fourth-order valence-corrected chi connectivity index (χ4v) is 3.00. The summed E-state index contributed by atoms with van der Waals surface area (Å²) in [4.78, 5) is 4.70. The highest BCUT2D eigenvalue weighted by atomic mass is 15.3. The van der Waals surface area contributed by atoms with Gasteiger partial charge >= 0.3 is 0 Å². The molecule has 3 rings (SSSR count). The summed E-state index contributed by atoms with van der Waals surface area (Å²) in [6.07, 6.45) is 0. The summed E-state index contributed by atoms with van der Waals surface area (Å²) in [7, 11) is 0. The van der Waals surface area contributed by atoms with E-state index in [-0.39, 0.29) is 6.04 Å². The molecule has 6 heteroatoms. The van der Waals surface area contributed by atoms with Gasteiger partial charge in [-0.05, 0) is 33.6 Å². The number of anilines is 1. The van der Waals surface area contributed by atoms with Crippen LogP contribution in [-0.2, 0) is 0 Å². The molecule has 3 heterocycles. The fraction of sp³-hybridized carbons (Fsp3) is 0.471. The van der Waals surface area contributed by atoms with Crippen LogP contribution in [0.4, 0.5) is 5.82 Å². The number of aryl methyl sites for hydroxylation is 3. The molecule has 122 valence electrons. The van der Waals surface area contributed by atoms with Crippen LogP contribution < -0.4 is 5.32 Å². The van der Waals surface area contributed by atoms with Gasteiger partial charge in [0, 0.05) is 29.1 Å². The maximum Gasteiger partial charge on any atom is 0.157 e.